The van der Waals surface area contributed by atoms with Crippen LogP contribution in [0.2, 0.25) is 0 Å². The van der Waals surface area contributed by atoms with Crippen LogP contribution in [-0.2, 0) is 0 Å². The van der Waals surface area contributed by atoms with Gasteiger partial charge in [-0.3, -0.25) is 9.36 Å². The van der Waals surface area contributed by atoms with Crippen LogP contribution >= 0.6 is 0 Å². The minimum absolute atomic E-state index is 0.118. The summed E-state index contributed by atoms with van der Waals surface area (Å²) in [7, 11) is 0. The average Bonchev–Trinajstić information content (AvgIpc) is 2.73. The lowest BCUT2D eigenvalue weighted by Gasteiger charge is -2.12. The first-order valence-electron chi connectivity index (χ1n) is 8.84. The molecule has 0 fully saturated rings. The monoisotopic (exact) mass is 383 g/mol. The maximum absolute atomic E-state index is 13.2. The largest absolute Gasteiger partial charge is 0.872 e. The minimum atomic E-state index is -1.05. The molecule has 0 aliphatic carbocycles. The summed E-state index contributed by atoms with van der Waals surface area (Å²) < 4.78 is 1.40. The van der Waals surface area contributed by atoms with Crippen LogP contribution < -0.4 is 10.7 Å². The molecule has 1 heterocycles. The highest BCUT2D eigenvalue weighted by atomic mass is 16.4. The zero-order valence-electron chi connectivity index (χ0n) is 15.1. The van der Waals surface area contributed by atoms with Crippen molar-refractivity contribution in [2.45, 2.75) is 0 Å². The number of benzene rings is 3. The summed E-state index contributed by atoms with van der Waals surface area (Å²) in [5.74, 6) is -0.850. The van der Waals surface area contributed by atoms with Gasteiger partial charge < -0.3 is 10.2 Å². The molecule has 3 aromatic carbocycles. The molecular formula is C23H15N2O4-. The Kier molecular flexibility index (Phi) is 4.66. The topological polar surface area (TPSA) is 95.2 Å². The minimum Gasteiger partial charge on any atom is -0.872 e. The molecule has 0 aliphatic rings. The number of carboxylic acids is 1. The fraction of sp³-hybridized carbons (Fsp3) is 0. The highest BCUT2D eigenvalue weighted by Gasteiger charge is 2.12. The number of nitrogens with zero attached hydrogens (tertiary/aromatic N) is 2. The molecule has 0 radical (unpaired) electrons. The first-order valence-corrected chi connectivity index (χ1v) is 8.84. The standard InChI is InChI=1S/C23H16N2O4/c26-20-8-4-1-5-15(20)11-14-21-24-19-7-3-2-6-18(19)22(27)25(21)17-12-9-16(10-13-17)23(28)29/h1-14,26H,(H,28,29)/p-1/b14-11+. The van der Waals surface area contributed by atoms with Crippen molar-refractivity contribution >= 4 is 29.0 Å². The van der Waals surface area contributed by atoms with Gasteiger partial charge in [-0.25, -0.2) is 9.78 Å². The van der Waals surface area contributed by atoms with Crippen LogP contribution in [0.5, 0.6) is 5.75 Å². The molecule has 0 amide bonds. The van der Waals surface area contributed by atoms with Crippen LogP contribution in [0, 0.1) is 0 Å². The number of carbonyl (C=O) groups is 1. The Bertz CT molecular complexity index is 1300. The Morgan fingerprint density at radius 3 is 2.34 bits per heavy atom. The van der Waals surface area contributed by atoms with Gasteiger partial charge in [0.2, 0.25) is 0 Å². The number of hydrogen-bond acceptors (Lipinski definition) is 4. The number of aromatic carboxylic acids is 1. The zero-order valence-corrected chi connectivity index (χ0v) is 15.1. The molecule has 1 aromatic heterocycles. The Labute approximate surface area is 165 Å². The second-order valence-corrected chi connectivity index (χ2v) is 6.35. The molecule has 0 unspecified atom stereocenters. The molecule has 6 heteroatoms. The smallest absolute Gasteiger partial charge is 0.335 e. The molecule has 4 aromatic rings. The summed E-state index contributed by atoms with van der Waals surface area (Å²) in [6, 6.07) is 19.5. The molecular weight excluding hydrogens is 368 g/mol. The van der Waals surface area contributed by atoms with Crippen LogP contribution in [0.15, 0.2) is 77.6 Å². The van der Waals surface area contributed by atoms with E-state index in [0.29, 0.717) is 28.0 Å². The van der Waals surface area contributed by atoms with Crippen molar-refractivity contribution in [2.24, 2.45) is 0 Å². The van der Waals surface area contributed by atoms with Crippen LogP contribution in [0.25, 0.3) is 28.7 Å². The lowest BCUT2D eigenvalue weighted by molar-refractivity contribution is -0.268. The average molecular weight is 383 g/mol. The number of hydrogen-bond donors (Lipinski definition) is 1. The quantitative estimate of drug-likeness (QED) is 0.583. The van der Waals surface area contributed by atoms with E-state index in [0.717, 1.165) is 0 Å². The normalized spacial score (nSPS) is 11.2. The molecule has 0 aliphatic heterocycles. The van der Waals surface area contributed by atoms with Gasteiger partial charge in [0, 0.05) is 0 Å². The SMILES string of the molecule is O=C(O)c1ccc(-n2c(/C=C/c3ccccc3[O-])nc3ccccc3c2=O)cc1. The van der Waals surface area contributed by atoms with Crippen molar-refractivity contribution in [1.29, 1.82) is 0 Å². The molecule has 6 nitrogen and oxygen atoms in total. The summed E-state index contributed by atoms with van der Waals surface area (Å²) in [5, 5.41) is 21.5. The molecule has 0 atom stereocenters. The van der Waals surface area contributed by atoms with E-state index in [1.165, 1.54) is 22.8 Å². The maximum atomic E-state index is 13.2. The summed E-state index contributed by atoms with van der Waals surface area (Å²) in [6.45, 7) is 0. The summed E-state index contributed by atoms with van der Waals surface area (Å²) in [4.78, 5) is 28.9. The van der Waals surface area contributed by atoms with Gasteiger partial charge >= 0.3 is 5.97 Å². The maximum Gasteiger partial charge on any atom is 0.335 e. The third-order valence-corrected chi connectivity index (χ3v) is 4.51. The Balaban J connectivity index is 1.92. The van der Waals surface area contributed by atoms with Gasteiger partial charge in [-0.2, -0.15) is 0 Å². The third-order valence-electron chi connectivity index (χ3n) is 4.51. The second kappa shape index (κ2) is 7.44. The van der Waals surface area contributed by atoms with Crippen LogP contribution in [0.4, 0.5) is 0 Å². The zero-order chi connectivity index (χ0) is 20.4. The van der Waals surface area contributed by atoms with Crippen molar-refractivity contribution in [3.63, 3.8) is 0 Å². The highest BCUT2D eigenvalue weighted by Crippen LogP contribution is 2.18. The summed E-state index contributed by atoms with van der Waals surface area (Å²) >= 11 is 0. The van der Waals surface area contributed by atoms with Crippen molar-refractivity contribution in [1.82, 2.24) is 9.55 Å². The van der Waals surface area contributed by atoms with Crippen molar-refractivity contribution in [3.05, 3.63) is 100 Å². The van der Waals surface area contributed by atoms with Gasteiger partial charge in [0.25, 0.3) is 5.56 Å². The lowest BCUT2D eigenvalue weighted by atomic mass is 10.1. The van der Waals surface area contributed by atoms with E-state index >= 15 is 0 Å². The number of carboxylic acid groups (broad SMARTS) is 1. The van der Waals surface area contributed by atoms with Gasteiger partial charge in [-0.05, 0) is 48.0 Å². The first kappa shape index (κ1) is 18.2. The van der Waals surface area contributed by atoms with E-state index < -0.39 is 5.97 Å². The van der Waals surface area contributed by atoms with Crippen molar-refractivity contribution in [2.75, 3.05) is 0 Å². The Morgan fingerprint density at radius 2 is 1.62 bits per heavy atom. The van der Waals surface area contributed by atoms with Gasteiger partial charge in [0.15, 0.2) is 0 Å². The molecule has 4 rings (SSSR count). The van der Waals surface area contributed by atoms with Gasteiger partial charge in [-0.15, -0.1) is 5.75 Å². The Morgan fingerprint density at radius 1 is 0.931 bits per heavy atom. The lowest BCUT2D eigenvalue weighted by Crippen LogP contribution is -2.22. The Hall–Kier alpha value is -4.19. The van der Waals surface area contributed by atoms with E-state index in [9.17, 15) is 14.7 Å². The van der Waals surface area contributed by atoms with E-state index in [2.05, 4.69) is 4.98 Å². The molecule has 0 saturated heterocycles. The van der Waals surface area contributed by atoms with Crippen LogP contribution in [0.1, 0.15) is 21.7 Å². The van der Waals surface area contributed by atoms with Crippen LogP contribution in [0.3, 0.4) is 0 Å². The van der Waals surface area contributed by atoms with E-state index in [1.807, 2.05) is 0 Å². The predicted molar refractivity (Wildman–Crippen MR) is 109 cm³/mol. The van der Waals surface area contributed by atoms with E-state index in [-0.39, 0.29) is 16.9 Å². The fourth-order valence-electron chi connectivity index (χ4n) is 3.05. The van der Waals surface area contributed by atoms with E-state index in [1.54, 1.807) is 66.7 Å². The van der Waals surface area contributed by atoms with Gasteiger partial charge in [0.1, 0.15) is 5.82 Å². The molecule has 142 valence electrons. The highest BCUT2D eigenvalue weighted by molar-refractivity contribution is 5.88. The van der Waals surface area contributed by atoms with E-state index in [4.69, 9.17) is 5.11 Å². The predicted octanol–water partition coefficient (Wildman–Crippen LogP) is 3.33. The van der Waals surface area contributed by atoms with Crippen LogP contribution in [-0.4, -0.2) is 20.6 Å². The van der Waals surface area contributed by atoms with Crippen molar-refractivity contribution in [3.8, 4) is 11.4 Å². The fourth-order valence-corrected chi connectivity index (χ4v) is 3.05. The number of aromatic nitrogens is 2. The number of para-hydroxylation sites is 2. The first-order chi connectivity index (χ1) is 14.0. The summed E-state index contributed by atoms with van der Waals surface area (Å²) in [6.07, 6.45) is 3.22. The number of fused-ring (bicyclic) bond motifs is 1. The molecule has 1 N–H and O–H groups in total. The third kappa shape index (κ3) is 3.51. The number of rotatable bonds is 4. The molecule has 0 bridgehead atoms. The van der Waals surface area contributed by atoms with Gasteiger partial charge in [0.05, 0.1) is 22.2 Å². The molecule has 0 saturated carbocycles. The van der Waals surface area contributed by atoms with Crippen molar-refractivity contribution < 1.29 is 15.0 Å². The second-order valence-electron chi connectivity index (χ2n) is 6.35. The molecule has 0 spiro atoms. The molecule has 29 heavy (non-hydrogen) atoms. The summed E-state index contributed by atoms with van der Waals surface area (Å²) in [5.41, 5.74) is 1.32. The van der Waals surface area contributed by atoms with Gasteiger partial charge in [-0.1, -0.05) is 42.5 Å².